The molecule has 0 spiro atoms. The van der Waals surface area contributed by atoms with Crippen LogP contribution in [0, 0.1) is 0 Å². The smallest absolute Gasteiger partial charge is 0.120 e. The van der Waals surface area contributed by atoms with Crippen LogP contribution >= 0.6 is 15.9 Å². The first-order valence-electron chi connectivity index (χ1n) is 7.74. The number of halogens is 1. The second-order valence-electron chi connectivity index (χ2n) is 5.98. The molecule has 2 aliphatic heterocycles. The molecule has 4 nitrogen and oxygen atoms in total. The highest BCUT2D eigenvalue weighted by atomic mass is 79.9. The number of phenolic OH excluding ortho intramolecular Hbond substituents is 1. The molecule has 0 bridgehead atoms. The highest BCUT2D eigenvalue weighted by Crippen LogP contribution is 2.24. The summed E-state index contributed by atoms with van der Waals surface area (Å²) in [7, 11) is 0. The zero-order valence-corrected chi connectivity index (χ0v) is 13.9. The maximum atomic E-state index is 9.93. The van der Waals surface area contributed by atoms with Gasteiger partial charge >= 0.3 is 0 Å². The van der Waals surface area contributed by atoms with Gasteiger partial charge in [-0.1, -0.05) is 15.9 Å². The van der Waals surface area contributed by atoms with Crippen molar-refractivity contribution in [2.75, 3.05) is 39.3 Å². The fraction of sp³-hybridized carbons (Fsp3) is 0.625. The normalized spacial score (nSPS) is 24.5. The van der Waals surface area contributed by atoms with Crippen LogP contribution in [-0.2, 0) is 11.3 Å². The first-order chi connectivity index (χ1) is 10.2. The van der Waals surface area contributed by atoms with E-state index in [4.69, 9.17) is 4.74 Å². The van der Waals surface area contributed by atoms with Gasteiger partial charge < -0.3 is 9.84 Å². The molecule has 1 atom stereocenters. The van der Waals surface area contributed by atoms with Gasteiger partial charge in [-0.3, -0.25) is 9.80 Å². The number of rotatable bonds is 4. The molecule has 1 N–H and O–H groups in total. The van der Waals surface area contributed by atoms with Crippen LogP contribution in [0.1, 0.15) is 18.4 Å². The van der Waals surface area contributed by atoms with E-state index in [-0.39, 0.29) is 0 Å². The summed E-state index contributed by atoms with van der Waals surface area (Å²) >= 11 is 3.47. The number of piperazine rings is 1. The molecule has 1 unspecified atom stereocenters. The van der Waals surface area contributed by atoms with Crippen molar-refractivity contribution >= 4 is 15.9 Å². The summed E-state index contributed by atoms with van der Waals surface area (Å²) in [6, 6.07) is 5.64. The standard InChI is InChI=1S/C16H23BrN2O2/c17-14-3-4-16(20)13(10-14)11-18-5-7-19(8-6-18)12-15-2-1-9-21-15/h3-4,10,15,20H,1-2,5-9,11-12H2. The number of phenols is 1. The number of benzene rings is 1. The van der Waals surface area contributed by atoms with Crippen molar-refractivity contribution in [1.29, 1.82) is 0 Å². The molecule has 2 aliphatic rings. The van der Waals surface area contributed by atoms with E-state index in [1.807, 2.05) is 12.1 Å². The third-order valence-corrected chi connectivity index (χ3v) is 4.88. The van der Waals surface area contributed by atoms with Gasteiger partial charge in [0.1, 0.15) is 5.75 Å². The molecule has 21 heavy (non-hydrogen) atoms. The molecule has 0 aliphatic carbocycles. The van der Waals surface area contributed by atoms with Gasteiger partial charge in [-0.25, -0.2) is 0 Å². The van der Waals surface area contributed by atoms with E-state index in [1.165, 1.54) is 12.8 Å². The largest absolute Gasteiger partial charge is 0.508 e. The van der Waals surface area contributed by atoms with E-state index in [1.54, 1.807) is 6.07 Å². The molecular formula is C16H23BrN2O2. The molecule has 0 radical (unpaired) electrons. The lowest BCUT2D eigenvalue weighted by Crippen LogP contribution is -2.48. The summed E-state index contributed by atoms with van der Waals surface area (Å²) in [6.07, 6.45) is 2.88. The maximum absolute atomic E-state index is 9.93. The van der Waals surface area contributed by atoms with Crippen LogP contribution in [0.2, 0.25) is 0 Å². The lowest BCUT2D eigenvalue weighted by Gasteiger charge is -2.35. The van der Waals surface area contributed by atoms with Crippen LogP contribution in [0.4, 0.5) is 0 Å². The zero-order chi connectivity index (χ0) is 14.7. The van der Waals surface area contributed by atoms with Gasteiger partial charge in [0.05, 0.1) is 6.10 Å². The third kappa shape index (κ3) is 4.19. The average molecular weight is 355 g/mol. The predicted molar refractivity (Wildman–Crippen MR) is 86.5 cm³/mol. The number of aromatic hydroxyl groups is 1. The SMILES string of the molecule is Oc1ccc(Br)cc1CN1CCN(CC2CCCO2)CC1. The minimum absolute atomic E-state index is 0.389. The fourth-order valence-electron chi connectivity index (χ4n) is 3.13. The van der Waals surface area contributed by atoms with Crippen molar-refractivity contribution in [3.05, 3.63) is 28.2 Å². The van der Waals surface area contributed by atoms with Crippen LogP contribution in [0.15, 0.2) is 22.7 Å². The Hall–Kier alpha value is -0.620. The van der Waals surface area contributed by atoms with E-state index < -0.39 is 0 Å². The van der Waals surface area contributed by atoms with Gasteiger partial charge in [-0.05, 0) is 31.0 Å². The maximum Gasteiger partial charge on any atom is 0.120 e. The van der Waals surface area contributed by atoms with Gasteiger partial charge in [-0.2, -0.15) is 0 Å². The Morgan fingerprint density at radius 3 is 2.67 bits per heavy atom. The van der Waals surface area contributed by atoms with Crippen LogP contribution in [0.3, 0.4) is 0 Å². The highest BCUT2D eigenvalue weighted by molar-refractivity contribution is 9.10. The van der Waals surface area contributed by atoms with Crippen molar-refractivity contribution in [1.82, 2.24) is 9.80 Å². The summed E-state index contributed by atoms with van der Waals surface area (Å²) in [4.78, 5) is 4.92. The Labute approximate surface area is 134 Å². The van der Waals surface area contributed by atoms with E-state index in [0.717, 1.165) is 55.9 Å². The van der Waals surface area contributed by atoms with Crippen LogP contribution in [-0.4, -0.2) is 60.3 Å². The minimum atomic E-state index is 0.389. The minimum Gasteiger partial charge on any atom is -0.508 e. The van der Waals surface area contributed by atoms with Crippen LogP contribution in [0.5, 0.6) is 5.75 Å². The highest BCUT2D eigenvalue weighted by Gasteiger charge is 2.23. The quantitative estimate of drug-likeness (QED) is 0.900. The average Bonchev–Trinajstić information content (AvgIpc) is 2.98. The topological polar surface area (TPSA) is 35.9 Å². The van der Waals surface area contributed by atoms with Gasteiger partial charge in [0.15, 0.2) is 0 Å². The molecule has 5 heteroatoms. The van der Waals surface area contributed by atoms with E-state index in [9.17, 15) is 5.11 Å². The van der Waals surface area contributed by atoms with Crippen molar-refractivity contribution in [3.63, 3.8) is 0 Å². The fourth-order valence-corrected chi connectivity index (χ4v) is 3.54. The molecule has 1 aromatic carbocycles. The Bertz CT molecular complexity index is 469. The molecule has 0 amide bonds. The van der Waals surface area contributed by atoms with E-state index in [0.29, 0.717) is 11.9 Å². The van der Waals surface area contributed by atoms with Gasteiger partial charge in [0, 0.05) is 55.9 Å². The van der Waals surface area contributed by atoms with Gasteiger partial charge in [0.25, 0.3) is 0 Å². The lowest BCUT2D eigenvalue weighted by molar-refractivity contribution is 0.0488. The Morgan fingerprint density at radius 1 is 1.19 bits per heavy atom. The number of hydrogen-bond acceptors (Lipinski definition) is 4. The molecule has 0 saturated carbocycles. The first kappa shape index (κ1) is 15.3. The summed E-state index contributed by atoms with van der Waals surface area (Å²) in [6.45, 7) is 7.13. The second kappa shape index (κ2) is 7.09. The lowest BCUT2D eigenvalue weighted by atomic mass is 10.1. The summed E-state index contributed by atoms with van der Waals surface area (Å²) in [5, 5.41) is 9.93. The van der Waals surface area contributed by atoms with E-state index in [2.05, 4.69) is 25.7 Å². The van der Waals surface area contributed by atoms with Crippen molar-refractivity contribution in [2.24, 2.45) is 0 Å². The van der Waals surface area contributed by atoms with Crippen molar-refractivity contribution in [3.8, 4) is 5.75 Å². The van der Waals surface area contributed by atoms with E-state index >= 15 is 0 Å². The first-order valence-corrected chi connectivity index (χ1v) is 8.54. The molecule has 2 heterocycles. The second-order valence-corrected chi connectivity index (χ2v) is 6.90. The molecule has 116 valence electrons. The number of ether oxygens (including phenoxy) is 1. The van der Waals surface area contributed by atoms with Crippen LogP contribution in [0.25, 0.3) is 0 Å². The Morgan fingerprint density at radius 2 is 1.95 bits per heavy atom. The Kier molecular flexibility index (Phi) is 5.16. The Balaban J connectivity index is 1.48. The number of hydrogen-bond donors (Lipinski definition) is 1. The van der Waals surface area contributed by atoms with Gasteiger partial charge in [-0.15, -0.1) is 0 Å². The summed E-state index contributed by atoms with van der Waals surface area (Å²) in [5.41, 5.74) is 0.997. The third-order valence-electron chi connectivity index (χ3n) is 4.39. The molecule has 1 aromatic rings. The molecule has 3 rings (SSSR count). The molecule has 2 saturated heterocycles. The molecule has 2 fully saturated rings. The molecular weight excluding hydrogens is 332 g/mol. The monoisotopic (exact) mass is 354 g/mol. The van der Waals surface area contributed by atoms with Crippen molar-refractivity contribution < 1.29 is 9.84 Å². The predicted octanol–water partition coefficient (Wildman–Crippen LogP) is 2.45. The summed E-state index contributed by atoms with van der Waals surface area (Å²) in [5.74, 6) is 0.389. The molecule has 0 aromatic heterocycles. The van der Waals surface area contributed by atoms with Crippen molar-refractivity contribution in [2.45, 2.75) is 25.5 Å². The summed E-state index contributed by atoms with van der Waals surface area (Å²) < 4.78 is 6.73. The zero-order valence-electron chi connectivity index (χ0n) is 12.3. The number of nitrogens with zero attached hydrogens (tertiary/aromatic N) is 2. The van der Waals surface area contributed by atoms with Crippen LogP contribution < -0.4 is 0 Å². The van der Waals surface area contributed by atoms with Gasteiger partial charge in [0.2, 0.25) is 0 Å².